The fourth-order valence-corrected chi connectivity index (χ4v) is 12.3. The van der Waals surface area contributed by atoms with Crippen LogP contribution in [0.1, 0.15) is 82.6 Å². The normalized spacial score (nSPS) is 17.1. The van der Waals surface area contributed by atoms with Gasteiger partial charge in [0.05, 0.1) is 0 Å². The second kappa shape index (κ2) is 17.9. The number of fused-ring (bicyclic) bond motifs is 3. The highest BCUT2D eigenvalue weighted by Gasteiger charge is 2.48. The quantitative estimate of drug-likeness (QED) is 0.135. The van der Waals surface area contributed by atoms with Crippen LogP contribution in [0.25, 0.3) is 33.4 Å². The molecule has 2 nitrogen and oxygen atoms in total. The Hall–Kier alpha value is -7.42. The standard InChI is InChI=1S/C67H62N2/c1-65(2,3)63-31-18-19-46-67(63,51-34-40-56(41-35-51)68(53-25-14-8-15-26-53)55-38-32-49(33-39-55)48-21-10-6-11-22-48)52-36-42-57(43-37-52)69(54-27-16-9-17-28-54)58-44-45-60-62(47-58)66(4,5)61-30-20-29-59(64(60)61)50-23-12-7-13-24-50/h6-17,20-30,32-45,47,63H,18-19,31,46H2,1-5H3. The lowest BCUT2D eigenvalue weighted by Gasteiger charge is -2.51. The molecule has 2 atom stereocenters. The van der Waals surface area contributed by atoms with E-state index in [0.717, 1.165) is 34.9 Å². The average molecular weight is 895 g/mol. The Kier molecular flexibility index (Phi) is 11.4. The molecule has 2 aliphatic rings. The molecule has 9 aromatic carbocycles. The molecule has 11 rings (SSSR count). The van der Waals surface area contributed by atoms with Crippen LogP contribution >= 0.6 is 0 Å². The lowest BCUT2D eigenvalue weighted by atomic mass is 9.52. The van der Waals surface area contributed by atoms with Crippen LogP contribution in [0.5, 0.6) is 0 Å². The topological polar surface area (TPSA) is 6.48 Å². The highest BCUT2D eigenvalue weighted by atomic mass is 15.1. The van der Waals surface area contributed by atoms with Gasteiger partial charge in [-0.2, -0.15) is 0 Å². The number of anilines is 6. The second-order valence-corrected chi connectivity index (χ2v) is 20.9. The van der Waals surface area contributed by atoms with Crippen molar-refractivity contribution >= 4 is 34.1 Å². The van der Waals surface area contributed by atoms with Crippen LogP contribution in [0.4, 0.5) is 34.1 Å². The highest BCUT2D eigenvalue weighted by molar-refractivity contribution is 5.94. The maximum atomic E-state index is 2.47. The fraction of sp³-hybridized carbons (Fsp3) is 0.194. The molecular weight excluding hydrogens is 833 g/mol. The van der Waals surface area contributed by atoms with Crippen LogP contribution in [0.15, 0.2) is 231 Å². The van der Waals surface area contributed by atoms with Crippen LogP contribution in [0, 0.1) is 11.3 Å². The molecule has 0 radical (unpaired) electrons. The molecule has 1 fully saturated rings. The molecule has 2 unspecified atom stereocenters. The van der Waals surface area contributed by atoms with Crippen LogP contribution in [0.3, 0.4) is 0 Å². The molecule has 1 saturated carbocycles. The van der Waals surface area contributed by atoms with Gasteiger partial charge >= 0.3 is 0 Å². The van der Waals surface area contributed by atoms with Gasteiger partial charge in [-0.3, -0.25) is 0 Å². The summed E-state index contributed by atoms with van der Waals surface area (Å²) in [6.45, 7) is 12.2. The van der Waals surface area contributed by atoms with E-state index < -0.39 is 0 Å². The van der Waals surface area contributed by atoms with Gasteiger partial charge < -0.3 is 9.80 Å². The van der Waals surface area contributed by atoms with Gasteiger partial charge in [0.15, 0.2) is 0 Å². The lowest BCUT2D eigenvalue weighted by molar-refractivity contribution is 0.100. The molecular formula is C67H62N2. The molecule has 0 spiro atoms. The number of benzene rings is 9. The van der Waals surface area contributed by atoms with E-state index in [9.17, 15) is 0 Å². The molecule has 0 amide bonds. The van der Waals surface area contributed by atoms with Crippen molar-refractivity contribution in [3.63, 3.8) is 0 Å². The van der Waals surface area contributed by atoms with Crippen LogP contribution < -0.4 is 9.80 Å². The smallest absolute Gasteiger partial charge is 0.0465 e. The number of para-hydroxylation sites is 2. The first-order chi connectivity index (χ1) is 33.6. The SMILES string of the molecule is CC1(C)c2cc(N(c3ccccc3)c3ccc(C4(c5ccc(N(c6ccccc6)c6ccc(-c7ccccc7)cc6)cc5)CCCCC4C(C)(C)C)cc3)ccc2-c2c(-c3ccccc3)cccc21. The van der Waals surface area contributed by atoms with E-state index in [1.54, 1.807) is 0 Å². The van der Waals surface area contributed by atoms with Crippen molar-refractivity contribution in [1.29, 1.82) is 0 Å². The zero-order chi connectivity index (χ0) is 47.2. The van der Waals surface area contributed by atoms with Crippen molar-refractivity contribution in [2.45, 2.75) is 71.1 Å². The summed E-state index contributed by atoms with van der Waals surface area (Å²) in [6, 6.07) is 85.6. The minimum Gasteiger partial charge on any atom is -0.311 e. The number of rotatable bonds is 10. The molecule has 0 heterocycles. The van der Waals surface area contributed by atoms with Gasteiger partial charge in [-0.1, -0.05) is 205 Å². The van der Waals surface area contributed by atoms with E-state index in [0.29, 0.717) is 5.92 Å². The van der Waals surface area contributed by atoms with Crippen LogP contribution in [-0.4, -0.2) is 0 Å². The summed E-state index contributed by atoms with van der Waals surface area (Å²) in [5, 5.41) is 0. The van der Waals surface area contributed by atoms with E-state index in [4.69, 9.17) is 0 Å². The molecule has 0 aliphatic heterocycles. The maximum Gasteiger partial charge on any atom is 0.0465 e. The van der Waals surface area contributed by atoms with Gasteiger partial charge in [-0.05, 0) is 153 Å². The maximum absolute atomic E-state index is 2.47. The molecule has 2 aliphatic carbocycles. The van der Waals surface area contributed by atoms with Crippen molar-refractivity contribution in [3.05, 3.63) is 253 Å². The van der Waals surface area contributed by atoms with Crippen molar-refractivity contribution in [3.8, 4) is 33.4 Å². The Morgan fingerprint density at radius 3 is 1.38 bits per heavy atom. The van der Waals surface area contributed by atoms with Gasteiger partial charge in [0.2, 0.25) is 0 Å². The Labute approximate surface area is 410 Å². The zero-order valence-corrected chi connectivity index (χ0v) is 40.7. The minimum absolute atomic E-state index is 0.0968. The summed E-state index contributed by atoms with van der Waals surface area (Å²) in [4.78, 5) is 4.84. The van der Waals surface area contributed by atoms with Gasteiger partial charge in [0.1, 0.15) is 0 Å². The van der Waals surface area contributed by atoms with E-state index in [1.807, 2.05) is 0 Å². The van der Waals surface area contributed by atoms with Gasteiger partial charge in [-0.15, -0.1) is 0 Å². The second-order valence-electron chi connectivity index (χ2n) is 20.9. The number of hydrogen-bond donors (Lipinski definition) is 0. The lowest BCUT2D eigenvalue weighted by Crippen LogP contribution is -2.45. The van der Waals surface area contributed by atoms with Gasteiger partial charge in [0, 0.05) is 45.0 Å². The molecule has 0 aromatic heterocycles. The van der Waals surface area contributed by atoms with E-state index in [1.165, 1.54) is 80.6 Å². The third kappa shape index (κ3) is 7.96. The van der Waals surface area contributed by atoms with Crippen LogP contribution in [0.2, 0.25) is 0 Å². The Balaban J connectivity index is 0.984. The predicted molar refractivity (Wildman–Crippen MR) is 293 cm³/mol. The molecule has 0 N–H and O–H groups in total. The number of nitrogens with zero attached hydrogens (tertiary/aromatic N) is 2. The molecule has 0 bridgehead atoms. The summed E-state index contributed by atoms with van der Waals surface area (Å²) in [5.41, 5.74) is 19.9. The summed E-state index contributed by atoms with van der Waals surface area (Å²) in [7, 11) is 0. The van der Waals surface area contributed by atoms with Crippen molar-refractivity contribution < 1.29 is 0 Å². The summed E-state index contributed by atoms with van der Waals surface area (Å²) < 4.78 is 0. The first kappa shape index (κ1) is 44.1. The first-order valence-electron chi connectivity index (χ1n) is 25.0. The first-order valence-corrected chi connectivity index (χ1v) is 25.0. The summed E-state index contributed by atoms with van der Waals surface area (Å²) >= 11 is 0. The van der Waals surface area contributed by atoms with E-state index in [2.05, 4.69) is 275 Å². The van der Waals surface area contributed by atoms with Crippen molar-refractivity contribution in [1.82, 2.24) is 0 Å². The third-order valence-corrected chi connectivity index (χ3v) is 15.5. The largest absolute Gasteiger partial charge is 0.311 e. The molecule has 2 heteroatoms. The Bertz CT molecular complexity index is 3190. The Morgan fingerprint density at radius 2 is 0.841 bits per heavy atom. The summed E-state index contributed by atoms with van der Waals surface area (Å²) in [5.74, 6) is 0.456. The predicted octanol–water partition coefficient (Wildman–Crippen LogP) is 18.8. The molecule has 9 aromatic rings. The molecule has 69 heavy (non-hydrogen) atoms. The third-order valence-electron chi connectivity index (χ3n) is 15.5. The molecule has 340 valence electrons. The zero-order valence-electron chi connectivity index (χ0n) is 40.7. The molecule has 0 saturated heterocycles. The highest BCUT2D eigenvalue weighted by Crippen LogP contribution is 2.57. The minimum atomic E-state index is -0.159. The van der Waals surface area contributed by atoms with Crippen molar-refractivity contribution in [2.75, 3.05) is 9.80 Å². The van der Waals surface area contributed by atoms with Crippen molar-refractivity contribution in [2.24, 2.45) is 11.3 Å². The van der Waals surface area contributed by atoms with Gasteiger partial charge in [0.25, 0.3) is 0 Å². The monoisotopic (exact) mass is 894 g/mol. The number of hydrogen-bond acceptors (Lipinski definition) is 2. The Morgan fingerprint density at radius 1 is 0.391 bits per heavy atom. The van der Waals surface area contributed by atoms with Gasteiger partial charge in [-0.25, -0.2) is 0 Å². The fourth-order valence-electron chi connectivity index (χ4n) is 12.3. The van der Waals surface area contributed by atoms with E-state index in [-0.39, 0.29) is 16.2 Å². The van der Waals surface area contributed by atoms with Crippen LogP contribution in [-0.2, 0) is 10.8 Å². The average Bonchev–Trinajstić information content (AvgIpc) is 3.63. The summed E-state index contributed by atoms with van der Waals surface area (Å²) in [6.07, 6.45) is 4.78. The van der Waals surface area contributed by atoms with E-state index >= 15 is 0 Å².